The second kappa shape index (κ2) is 6.40. The van der Waals surface area contributed by atoms with Crippen molar-refractivity contribution in [3.8, 4) is 0 Å². The second-order valence-electron chi connectivity index (χ2n) is 7.10. The van der Waals surface area contributed by atoms with Gasteiger partial charge in [0.25, 0.3) is 5.91 Å². The van der Waals surface area contributed by atoms with Crippen molar-refractivity contribution in [2.24, 2.45) is 0 Å². The van der Waals surface area contributed by atoms with Crippen molar-refractivity contribution in [1.82, 2.24) is 9.47 Å². The predicted octanol–water partition coefficient (Wildman–Crippen LogP) is 4.41. The van der Waals surface area contributed by atoms with Crippen LogP contribution in [0.2, 0.25) is 0 Å². The highest BCUT2D eigenvalue weighted by Crippen LogP contribution is 2.31. The maximum absolute atomic E-state index is 13.2. The van der Waals surface area contributed by atoms with Gasteiger partial charge in [0.15, 0.2) is 0 Å². The summed E-state index contributed by atoms with van der Waals surface area (Å²) < 4.78 is 2.23. The molecule has 0 saturated carbocycles. The van der Waals surface area contributed by atoms with Crippen LogP contribution in [0.15, 0.2) is 48.5 Å². The maximum atomic E-state index is 13.2. The molecule has 1 aliphatic rings. The lowest BCUT2D eigenvalue weighted by Gasteiger charge is -2.22. The number of hydrogen-bond acceptors (Lipinski definition) is 1. The number of nitrogens with zero attached hydrogens (tertiary/aromatic N) is 2. The van der Waals surface area contributed by atoms with Gasteiger partial charge in [0.05, 0.1) is 0 Å². The molecule has 1 aromatic heterocycles. The van der Waals surface area contributed by atoms with Crippen LogP contribution >= 0.6 is 0 Å². The van der Waals surface area contributed by atoms with E-state index in [0.717, 1.165) is 38.0 Å². The third kappa shape index (κ3) is 2.84. The standard InChI is InChI=1S/C22H24N2O/c1-16-11-12-20-19(14-16)18-10-6-7-13-23(2)22(25)21(18)24(20)15-17-8-4-3-5-9-17/h3-5,8-9,11-12,14H,6-7,10,13,15H2,1-2H3. The number of fused-ring (bicyclic) bond motifs is 3. The van der Waals surface area contributed by atoms with Gasteiger partial charge in [-0.3, -0.25) is 4.79 Å². The fourth-order valence-electron chi connectivity index (χ4n) is 3.90. The van der Waals surface area contributed by atoms with Crippen LogP contribution in [0, 0.1) is 6.92 Å². The van der Waals surface area contributed by atoms with Gasteiger partial charge in [-0.15, -0.1) is 0 Å². The van der Waals surface area contributed by atoms with Crippen LogP contribution in [0.1, 0.15) is 40.0 Å². The number of aromatic nitrogens is 1. The summed E-state index contributed by atoms with van der Waals surface area (Å²) in [6.45, 7) is 3.69. The summed E-state index contributed by atoms with van der Waals surface area (Å²) >= 11 is 0. The first-order chi connectivity index (χ1) is 12.1. The van der Waals surface area contributed by atoms with Crippen LogP contribution in [0.3, 0.4) is 0 Å². The molecule has 2 aromatic carbocycles. The Kier molecular flexibility index (Phi) is 4.08. The smallest absolute Gasteiger partial charge is 0.270 e. The van der Waals surface area contributed by atoms with Crippen molar-refractivity contribution in [3.05, 3.63) is 70.9 Å². The van der Waals surface area contributed by atoms with E-state index >= 15 is 0 Å². The monoisotopic (exact) mass is 332 g/mol. The minimum atomic E-state index is 0.152. The molecule has 0 bridgehead atoms. The van der Waals surface area contributed by atoms with Crippen LogP contribution in [-0.4, -0.2) is 29.0 Å². The third-order valence-electron chi connectivity index (χ3n) is 5.23. The summed E-state index contributed by atoms with van der Waals surface area (Å²) in [5.74, 6) is 0.152. The molecule has 0 radical (unpaired) electrons. The van der Waals surface area contributed by atoms with Crippen molar-refractivity contribution < 1.29 is 4.79 Å². The molecule has 1 aliphatic heterocycles. The van der Waals surface area contributed by atoms with Crippen LogP contribution in [-0.2, 0) is 13.0 Å². The topological polar surface area (TPSA) is 25.2 Å². The first-order valence-corrected chi connectivity index (χ1v) is 9.06. The Morgan fingerprint density at radius 1 is 1.04 bits per heavy atom. The summed E-state index contributed by atoms with van der Waals surface area (Å²) in [7, 11) is 1.92. The van der Waals surface area contributed by atoms with E-state index in [1.807, 2.05) is 18.0 Å². The normalized spacial score (nSPS) is 15.1. The Morgan fingerprint density at radius 3 is 2.64 bits per heavy atom. The molecule has 0 atom stereocenters. The molecule has 0 saturated heterocycles. The highest BCUT2D eigenvalue weighted by molar-refractivity contribution is 6.02. The molecule has 0 N–H and O–H groups in total. The Morgan fingerprint density at radius 2 is 1.84 bits per heavy atom. The van der Waals surface area contributed by atoms with Gasteiger partial charge in [0, 0.05) is 31.0 Å². The third-order valence-corrected chi connectivity index (χ3v) is 5.23. The van der Waals surface area contributed by atoms with Gasteiger partial charge < -0.3 is 9.47 Å². The maximum Gasteiger partial charge on any atom is 0.270 e. The Hall–Kier alpha value is -2.55. The zero-order valence-corrected chi connectivity index (χ0v) is 15.0. The molecule has 4 rings (SSSR count). The molecule has 3 heteroatoms. The zero-order chi connectivity index (χ0) is 17.4. The summed E-state index contributed by atoms with van der Waals surface area (Å²) in [6, 6.07) is 17.0. The van der Waals surface area contributed by atoms with Crippen molar-refractivity contribution in [3.63, 3.8) is 0 Å². The number of rotatable bonds is 2. The van der Waals surface area contributed by atoms with Gasteiger partial charge in [-0.1, -0.05) is 42.0 Å². The van der Waals surface area contributed by atoms with Crippen LogP contribution < -0.4 is 0 Å². The minimum Gasteiger partial charge on any atom is -0.340 e. The lowest BCUT2D eigenvalue weighted by atomic mass is 10.0. The lowest BCUT2D eigenvalue weighted by molar-refractivity contribution is 0.0777. The second-order valence-corrected chi connectivity index (χ2v) is 7.10. The van der Waals surface area contributed by atoms with Gasteiger partial charge in [0.2, 0.25) is 0 Å². The van der Waals surface area contributed by atoms with Crippen molar-refractivity contribution >= 4 is 16.8 Å². The van der Waals surface area contributed by atoms with E-state index in [9.17, 15) is 4.79 Å². The number of hydrogen-bond donors (Lipinski definition) is 0. The fourth-order valence-corrected chi connectivity index (χ4v) is 3.90. The van der Waals surface area contributed by atoms with E-state index in [2.05, 4.69) is 54.0 Å². The average molecular weight is 332 g/mol. The molecule has 3 nitrogen and oxygen atoms in total. The summed E-state index contributed by atoms with van der Waals surface area (Å²) in [6.07, 6.45) is 3.18. The minimum absolute atomic E-state index is 0.152. The first-order valence-electron chi connectivity index (χ1n) is 9.06. The van der Waals surface area contributed by atoms with Crippen LogP contribution in [0.25, 0.3) is 10.9 Å². The number of carbonyl (C=O) groups is 1. The van der Waals surface area contributed by atoms with E-state index in [1.165, 1.54) is 27.6 Å². The summed E-state index contributed by atoms with van der Waals surface area (Å²) in [4.78, 5) is 15.0. The summed E-state index contributed by atoms with van der Waals surface area (Å²) in [5.41, 5.74) is 5.75. The Balaban J connectivity index is 1.96. The van der Waals surface area contributed by atoms with Gasteiger partial charge >= 0.3 is 0 Å². The molecule has 0 aliphatic carbocycles. The van der Waals surface area contributed by atoms with Gasteiger partial charge in [-0.05, 0) is 49.4 Å². The van der Waals surface area contributed by atoms with E-state index in [0.29, 0.717) is 0 Å². The molecule has 1 amide bonds. The fraction of sp³-hybridized carbons (Fsp3) is 0.318. The Labute approximate surface area is 148 Å². The molecular weight excluding hydrogens is 308 g/mol. The van der Waals surface area contributed by atoms with Crippen molar-refractivity contribution in [1.29, 1.82) is 0 Å². The molecule has 25 heavy (non-hydrogen) atoms. The van der Waals surface area contributed by atoms with E-state index < -0.39 is 0 Å². The Bertz CT molecular complexity index is 924. The summed E-state index contributed by atoms with van der Waals surface area (Å²) in [5, 5.41) is 1.24. The van der Waals surface area contributed by atoms with Gasteiger partial charge in [0.1, 0.15) is 5.69 Å². The molecule has 3 aromatic rings. The average Bonchev–Trinajstić information content (AvgIpc) is 2.90. The quantitative estimate of drug-likeness (QED) is 0.682. The van der Waals surface area contributed by atoms with Crippen molar-refractivity contribution in [2.45, 2.75) is 32.7 Å². The number of benzene rings is 2. The van der Waals surface area contributed by atoms with Gasteiger partial charge in [-0.2, -0.15) is 0 Å². The number of aryl methyl sites for hydroxylation is 2. The van der Waals surface area contributed by atoms with E-state index in [1.54, 1.807) is 0 Å². The SMILES string of the molecule is Cc1ccc2c(c1)c1c(n2Cc2ccccc2)C(=O)N(C)CCCC1. The van der Waals surface area contributed by atoms with Crippen molar-refractivity contribution in [2.75, 3.05) is 13.6 Å². The predicted molar refractivity (Wildman–Crippen MR) is 102 cm³/mol. The molecule has 0 unspecified atom stereocenters. The molecule has 0 fully saturated rings. The molecular formula is C22H24N2O. The van der Waals surface area contributed by atoms with Gasteiger partial charge in [-0.25, -0.2) is 0 Å². The zero-order valence-electron chi connectivity index (χ0n) is 15.0. The first kappa shape index (κ1) is 15.9. The van der Waals surface area contributed by atoms with E-state index in [4.69, 9.17) is 0 Å². The largest absolute Gasteiger partial charge is 0.340 e. The highest BCUT2D eigenvalue weighted by Gasteiger charge is 2.26. The molecule has 0 spiro atoms. The lowest BCUT2D eigenvalue weighted by Crippen LogP contribution is -2.32. The molecule has 2 heterocycles. The highest BCUT2D eigenvalue weighted by atomic mass is 16.2. The number of carbonyl (C=O) groups excluding carboxylic acids is 1. The van der Waals surface area contributed by atoms with Crippen LogP contribution in [0.4, 0.5) is 0 Å². The number of amides is 1. The molecule has 128 valence electrons. The van der Waals surface area contributed by atoms with E-state index in [-0.39, 0.29) is 5.91 Å². The van der Waals surface area contributed by atoms with Crippen LogP contribution in [0.5, 0.6) is 0 Å².